The van der Waals surface area contributed by atoms with E-state index in [1.54, 1.807) is 23.5 Å². The summed E-state index contributed by atoms with van der Waals surface area (Å²) in [5, 5.41) is 12.8. The highest BCUT2D eigenvalue weighted by Gasteiger charge is 2.49. The lowest BCUT2D eigenvalue weighted by Crippen LogP contribution is -2.65. The van der Waals surface area contributed by atoms with Crippen molar-refractivity contribution in [3.63, 3.8) is 0 Å². The number of thiophene rings is 1. The third-order valence-corrected chi connectivity index (χ3v) is 12.3. The Bertz CT molecular complexity index is 1250. The average Bonchev–Trinajstić information content (AvgIpc) is 3.32. The number of rotatable bonds is 8. The molecular formula is C27H28N2O3SSi. The van der Waals surface area contributed by atoms with Crippen LogP contribution < -0.4 is 16.1 Å². The van der Waals surface area contributed by atoms with Crippen molar-refractivity contribution in [3.05, 3.63) is 106 Å². The first-order valence-electron chi connectivity index (χ1n) is 11.2. The van der Waals surface area contributed by atoms with Crippen molar-refractivity contribution < 1.29 is 9.72 Å². The first kappa shape index (κ1) is 23.9. The zero-order valence-electron chi connectivity index (χ0n) is 19.3. The fourth-order valence-electron chi connectivity index (χ4n) is 4.46. The molecule has 0 spiro atoms. The van der Waals surface area contributed by atoms with E-state index in [0.717, 1.165) is 33.7 Å². The molecule has 0 radical (unpaired) electrons. The zero-order chi connectivity index (χ0) is 24.3. The van der Waals surface area contributed by atoms with Gasteiger partial charge in [-0.3, -0.25) is 10.1 Å². The summed E-state index contributed by atoms with van der Waals surface area (Å²) in [5.74, 6) is 0. The molecule has 174 valence electrons. The molecule has 0 unspecified atom stereocenters. The molecule has 0 aliphatic rings. The van der Waals surface area contributed by atoms with Crippen molar-refractivity contribution in [3.8, 4) is 10.4 Å². The van der Waals surface area contributed by atoms with Gasteiger partial charge in [0.05, 0.1) is 4.92 Å². The fourth-order valence-corrected chi connectivity index (χ4v) is 9.20. The number of nitrogens with two attached hydrogens (primary N) is 1. The molecule has 1 heterocycles. The minimum Gasteiger partial charge on any atom is -0.424 e. The van der Waals surface area contributed by atoms with Crippen LogP contribution >= 0.6 is 11.3 Å². The quantitative estimate of drug-likeness (QED) is 0.151. The Morgan fingerprint density at radius 1 is 0.941 bits per heavy atom. The van der Waals surface area contributed by atoms with Gasteiger partial charge >= 0.3 is 0 Å². The van der Waals surface area contributed by atoms with Gasteiger partial charge in [0.25, 0.3) is 14.0 Å². The molecule has 3 aromatic carbocycles. The molecule has 7 heteroatoms. The van der Waals surface area contributed by atoms with Gasteiger partial charge in [0.15, 0.2) is 0 Å². The van der Waals surface area contributed by atoms with Crippen LogP contribution in [0.4, 0.5) is 11.4 Å². The van der Waals surface area contributed by atoms with E-state index in [4.69, 9.17) is 5.73 Å². The monoisotopic (exact) mass is 488 g/mol. The number of nitro benzene ring substituents is 1. The summed E-state index contributed by atoms with van der Waals surface area (Å²) in [6, 6.07) is 29.1. The van der Waals surface area contributed by atoms with Gasteiger partial charge in [-0.2, -0.15) is 0 Å². The first-order chi connectivity index (χ1) is 16.2. The lowest BCUT2D eigenvalue weighted by Gasteiger charge is -2.41. The van der Waals surface area contributed by atoms with Crippen LogP contribution in [-0.4, -0.2) is 18.0 Å². The number of hydrogen-bond acceptors (Lipinski definition) is 5. The SMILES string of the molecule is CC(C)(CCc1ccc(-c2ccc([N+](=O)[O-])c(N)c2)s1)[Si](O)(c1ccccc1)c1ccccc1. The summed E-state index contributed by atoms with van der Waals surface area (Å²) in [5.41, 5.74) is 6.85. The summed E-state index contributed by atoms with van der Waals surface area (Å²) < 4.78 is 0. The van der Waals surface area contributed by atoms with E-state index >= 15 is 0 Å². The first-order valence-corrected chi connectivity index (χ1v) is 14.0. The summed E-state index contributed by atoms with van der Waals surface area (Å²) in [6.45, 7) is 4.34. The fraction of sp³-hybridized carbons (Fsp3) is 0.185. The number of nitro groups is 1. The van der Waals surface area contributed by atoms with Crippen LogP contribution in [0.15, 0.2) is 91.0 Å². The van der Waals surface area contributed by atoms with E-state index < -0.39 is 13.2 Å². The lowest BCUT2D eigenvalue weighted by molar-refractivity contribution is -0.383. The van der Waals surface area contributed by atoms with Gasteiger partial charge in [0.1, 0.15) is 5.69 Å². The van der Waals surface area contributed by atoms with Gasteiger partial charge in [-0.05, 0) is 58.1 Å². The van der Waals surface area contributed by atoms with Crippen LogP contribution in [0.2, 0.25) is 5.04 Å². The molecule has 0 bridgehead atoms. The van der Waals surface area contributed by atoms with Crippen LogP contribution in [-0.2, 0) is 6.42 Å². The van der Waals surface area contributed by atoms with Crippen LogP contribution in [0.25, 0.3) is 10.4 Å². The predicted molar refractivity (Wildman–Crippen MR) is 143 cm³/mol. The Hall–Kier alpha value is -3.26. The molecule has 0 aliphatic carbocycles. The lowest BCUT2D eigenvalue weighted by atomic mass is 10.1. The highest BCUT2D eigenvalue weighted by molar-refractivity contribution is 7.15. The van der Waals surface area contributed by atoms with Crippen molar-refractivity contribution in [1.82, 2.24) is 0 Å². The second-order valence-corrected chi connectivity index (χ2v) is 14.2. The van der Waals surface area contributed by atoms with E-state index in [1.807, 2.05) is 66.7 Å². The van der Waals surface area contributed by atoms with Crippen molar-refractivity contribution in [2.45, 2.75) is 31.7 Å². The smallest absolute Gasteiger partial charge is 0.292 e. The second-order valence-electron chi connectivity index (χ2n) is 9.12. The standard InChI is InChI=1S/C27H28N2O3SSi/c1-27(2,34(32,22-9-5-3-6-10-22)23-11-7-4-8-12-23)18-17-21-14-16-26(33-21)20-13-15-25(29(30)31)24(28)19-20/h3-16,19,32H,17-18,28H2,1-2H3. The third kappa shape index (κ3) is 4.55. The summed E-state index contributed by atoms with van der Waals surface area (Å²) in [7, 11) is -3.04. The molecule has 4 rings (SSSR count). The van der Waals surface area contributed by atoms with Crippen molar-refractivity contribution in [2.24, 2.45) is 0 Å². The largest absolute Gasteiger partial charge is 0.424 e. The normalized spacial score (nSPS) is 12.0. The number of benzene rings is 3. The van der Waals surface area contributed by atoms with E-state index in [9.17, 15) is 14.9 Å². The zero-order valence-corrected chi connectivity index (χ0v) is 21.1. The number of nitrogen functional groups attached to an aromatic ring is 1. The molecule has 0 atom stereocenters. The average molecular weight is 489 g/mol. The summed E-state index contributed by atoms with van der Waals surface area (Å²) >= 11 is 1.66. The van der Waals surface area contributed by atoms with E-state index in [2.05, 4.69) is 19.9 Å². The molecule has 3 N–H and O–H groups in total. The molecule has 34 heavy (non-hydrogen) atoms. The highest BCUT2D eigenvalue weighted by Crippen LogP contribution is 2.41. The van der Waals surface area contributed by atoms with Gasteiger partial charge in [0, 0.05) is 15.8 Å². The van der Waals surface area contributed by atoms with Gasteiger partial charge < -0.3 is 10.5 Å². The van der Waals surface area contributed by atoms with Crippen LogP contribution in [0.5, 0.6) is 0 Å². The van der Waals surface area contributed by atoms with Gasteiger partial charge in [-0.25, -0.2) is 0 Å². The number of nitrogens with zero attached hydrogens (tertiary/aromatic N) is 1. The minimum absolute atomic E-state index is 0.0756. The van der Waals surface area contributed by atoms with Gasteiger partial charge in [0.2, 0.25) is 0 Å². The van der Waals surface area contributed by atoms with Gasteiger partial charge in [-0.15, -0.1) is 11.3 Å². The molecular weight excluding hydrogens is 460 g/mol. The highest BCUT2D eigenvalue weighted by atomic mass is 32.1. The van der Waals surface area contributed by atoms with Crippen molar-refractivity contribution in [1.29, 1.82) is 0 Å². The maximum Gasteiger partial charge on any atom is 0.292 e. The molecule has 1 aromatic heterocycles. The Balaban J connectivity index is 1.58. The van der Waals surface area contributed by atoms with Crippen LogP contribution in [0.1, 0.15) is 25.1 Å². The molecule has 0 aliphatic heterocycles. The number of aryl methyl sites for hydroxylation is 1. The Morgan fingerprint density at radius 2 is 1.53 bits per heavy atom. The summed E-state index contributed by atoms with van der Waals surface area (Å²) in [6.07, 6.45) is 1.65. The van der Waals surface area contributed by atoms with Gasteiger partial charge in [-0.1, -0.05) is 74.5 Å². The van der Waals surface area contributed by atoms with E-state index in [1.165, 1.54) is 10.9 Å². The molecule has 0 amide bonds. The molecule has 4 aromatic rings. The van der Waals surface area contributed by atoms with Crippen LogP contribution in [0.3, 0.4) is 0 Å². The van der Waals surface area contributed by atoms with E-state index in [0.29, 0.717) is 0 Å². The Morgan fingerprint density at radius 3 is 2.06 bits per heavy atom. The number of anilines is 1. The Kier molecular flexibility index (Phi) is 6.70. The second kappa shape index (κ2) is 9.54. The van der Waals surface area contributed by atoms with E-state index in [-0.39, 0.29) is 16.4 Å². The maximum absolute atomic E-state index is 12.3. The molecule has 0 fully saturated rings. The van der Waals surface area contributed by atoms with Crippen molar-refractivity contribution >= 4 is 41.4 Å². The maximum atomic E-state index is 12.3. The molecule has 0 saturated carbocycles. The van der Waals surface area contributed by atoms with Crippen LogP contribution in [0, 0.1) is 10.1 Å². The minimum atomic E-state index is -3.04. The Labute approximate surface area is 204 Å². The topological polar surface area (TPSA) is 89.4 Å². The molecule has 0 saturated heterocycles. The third-order valence-electron chi connectivity index (χ3n) is 6.53. The molecule has 5 nitrogen and oxygen atoms in total. The number of hydrogen-bond donors (Lipinski definition) is 2. The predicted octanol–water partition coefficient (Wildman–Crippen LogP) is 5.37. The summed E-state index contributed by atoms with van der Waals surface area (Å²) in [4.78, 5) is 25.1. The van der Waals surface area contributed by atoms with Crippen molar-refractivity contribution in [2.75, 3.05) is 5.73 Å².